The molecular formula is C15H21NO4. The second-order valence-corrected chi connectivity index (χ2v) is 5.07. The van der Waals surface area contributed by atoms with Crippen LogP contribution in [0.2, 0.25) is 0 Å². The van der Waals surface area contributed by atoms with E-state index >= 15 is 0 Å². The fraction of sp³-hybridized carbons (Fsp3) is 0.467. The molecule has 1 rings (SSSR count). The number of carboxylic acid groups (broad SMARTS) is 1. The first-order valence-corrected chi connectivity index (χ1v) is 6.69. The van der Waals surface area contributed by atoms with E-state index in [1.54, 1.807) is 0 Å². The van der Waals surface area contributed by atoms with Gasteiger partial charge in [-0.1, -0.05) is 44.2 Å². The number of aliphatic carboxylic acids is 1. The summed E-state index contributed by atoms with van der Waals surface area (Å²) in [6, 6.07) is 8.33. The number of carbonyl (C=O) groups is 2. The van der Waals surface area contributed by atoms with E-state index in [4.69, 9.17) is 9.84 Å². The highest BCUT2D eigenvalue weighted by atomic mass is 16.5. The number of ether oxygens (including phenoxy) is 1. The van der Waals surface area contributed by atoms with Crippen molar-refractivity contribution in [3.8, 4) is 0 Å². The number of nitrogens with one attached hydrogen (secondary N) is 1. The van der Waals surface area contributed by atoms with Crippen LogP contribution in [-0.4, -0.2) is 23.2 Å². The number of benzene rings is 1. The van der Waals surface area contributed by atoms with Gasteiger partial charge in [-0.15, -0.1) is 0 Å². The number of carboxylic acids is 1. The van der Waals surface area contributed by atoms with Crippen LogP contribution in [0.4, 0.5) is 4.79 Å². The molecule has 0 bridgehead atoms. The van der Waals surface area contributed by atoms with E-state index in [-0.39, 0.29) is 6.61 Å². The SMILES string of the molecule is CC(C)CC[C@@H](NC(=O)OCc1ccccc1)C(=O)O. The topological polar surface area (TPSA) is 75.6 Å². The summed E-state index contributed by atoms with van der Waals surface area (Å²) in [6.07, 6.45) is 0.425. The minimum Gasteiger partial charge on any atom is -0.480 e. The van der Waals surface area contributed by atoms with Gasteiger partial charge in [0, 0.05) is 0 Å². The van der Waals surface area contributed by atoms with Crippen molar-refractivity contribution >= 4 is 12.1 Å². The van der Waals surface area contributed by atoms with Crippen molar-refractivity contribution in [2.24, 2.45) is 5.92 Å². The van der Waals surface area contributed by atoms with Crippen molar-refractivity contribution in [3.63, 3.8) is 0 Å². The Labute approximate surface area is 118 Å². The van der Waals surface area contributed by atoms with Gasteiger partial charge in [-0.05, 0) is 24.3 Å². The number of carbonyl (C=O) groups excluding carboxylic acids is 1. The van der Waals surface area contributed by atoms with Gasteiger partial charge in [0.2, 0.25) is 0 Å². The van der Waals surface area contributed by atoms with E-state index in [1.165, 1.54) is 0 Å². The van der Waals surface area contributed by atoms with Crippen LogP contribution in [0.15, 0.2) is 30.3 Å². The molecule has 0 saturated carbocycles. The summed E-state index contributed by atoms with van der Waals surface area (Å²) in [4.78, 5) is 22.6. The van der Waals surface area contributed by atoms with E-state index in [2.05, 4.69) is 5.32 Å². The molecular weight excluding hydrogens is 258 g/mol. The fourth-order valence-electron chi connectivity index (χ4n) is 1.66. The standard InChI is InChI=1S/C15H21NO4/c1-11(2)8-9-13(14(17)18)16-15(19)20-10-12-6-4-3-5-7-12/h3-7,11,13H,8-10H2,1-2H3,(H,16,19)(H,17,18)/t13-/m1/s1. The molecule has 0 fully saturated rings. The van der Waals surface area contributed by atoms with Gasteiger partial charge < -0.3 is 15.2 Å². The van der Waals surface area contributed by atoms with Gasteiger partial charge in [-0.25, -0.2) is 9.59 Å². The molecule has 0 aromatic heterocycles. The van der Waals surface area contributed by atoms with Crippen LogP contribution in [-0.2, 0) is 16.1 Å². The molecule has 20 heavy (non-hydrogen) atoms. The molecule has 0 radical (unpaired) electrons. The molecule has 1 aromatic carbocycles. The first-order valence-electron chi connectivity index (χ1n) is 6.69. The number of alkyl carbamates (subject to hydrolysis) is 1. The third-order valence-corrected chi connectivity index (χ3v) is 2.84. The molecule has 0 saturated heterocycles. The summed E-state index contributed by atoms with van der Waals surface area (Å²) in [6.45, 7) is 4.14. The van der Waals surface area contributed by atoms with Crippen LogP contribution in [0.25, 0.3) is 0 Å². The van der Waals surface area contributed by atoms with Crippen LogP contribution in [0, 0.1) is 5.92 Å². The normalized spacial score (nSPS) is 11.9. The Hall–Kier alpha value is -2.04. The first-order chi connectivity index (χ1) is 9.49. The summed E-state index contributed by atoms with van der Waals surface area (Å²) >= 11 is 0. The summed E-state index contributed by atoms with van der Waals surface area (Å²) in [7, 11) is 0. The summed E-state index contributed by atoms with van der Waals surface area (Å²) in [5, 5.41) is 11.4. The van der Waals surface area contributed by atoms with Crippen molar-refractivity contribution in [1.82, 2.24) is 5.32 Å². The molecule has 0 aliphatic heterocycles. The Morgan fingerprint density at radius 2 is 1.85 bits per heavy atom. The Morgan fingerprint density at radius 1 is 1.20 bits per heavy atom. The van der Waals surface area contributed by atoms with E-state index in [1.807, 2.05) is 44.2 Å². The highest BCUT2D eigenvalue weighted by Crippen LogP contribution is 2.08. The van der Waals surface area contributed by atoms with Crippen LogP contribution < -0.4 is 5.32 Å². The average Bonchev–Trinajstić information content (AvgIpc) is 2.41. The second-order valence-electron chi connectivity index (χ2n) is 5.07. The van der Waals surface area contributed by atoms with E-state index in [0.29, 0.717) is 12.3 Å². The molecule has 0 unspecified atom stereocenters. The predicted molar refractivity (Wildman–Crippen MR) is 75.3 cm³/mol. The van der Waals surface area contributed by atoms with E-state index in [9.17, 15) is 9.59 Å². The number of rotatable bonds is 7. The number of amides is 1. The lowest BCUT2D eigenvalue weighted by Crippen LogP contribution is -2.41. The molecule has 0 heterocycles. The maximum atomic E-state index is 11.6. The van der Waals surface area contributed by atoms with Crippen molar-refractivity contribution in [2.75, 3.05) is 0 Å². The minimum absolute atomic E-state index is 0.128. The molecule has 0 aliphatic rings. The van der Waals surface area contributed by atoms with Crippen molar-refractivity contribution in [3.05, 3.63) is 35.9 Å². The lowest BCUT2D eigenvalue weighted by Gasteiger charge is -2.15. The van der Waals surface area contributed by atoms with Crippen LogP contribution >= 0.6 is 0 Å². The third kappa shape index (κ3) is 6.22. The highest BCUT2D eigenvalue weighted by molar-refractivity contribution is 5.79. The van der Waals surface area contributed by atoms with Crippen LogP contribution in [0.5, 0.6) is 0 Å². The molecule has 1 amide bonds. The summed E-state index contributed by atoms with van der Waals surface area (Å²) in [5.41, 5.74) is 0.858. The zero-order valence-electron chi connectivity index (χ0n) is 11.8. The molecule has 5 nitrogen and oxygen atoms in total. The molecule has 0 aliphatic carbocycles. The number of hydrogen-bond donors (Lipinski definition) is 2. The maximum absolute atomic E-state index is 11.6. The van der Waals surface area contributed by atoms with E-state index < -0.39 is 18.1 Å². The van der Waals surface area contributed by atoms with Gasteiger partial charge in [0.1, 0.15) is 12.6 Å². The van der Waals surface area contributed by atoms with E-state index in [0.717, 1.165) is 12.0 Å². The van der Waals surface area contributed by atoms with Crippen molar-refractivity contribution in [2.45, 2.75) is 39.3 Å². The molecule has 0 spiro atoms. The average molecular weight is 279 g/mol. The highest BCUT2D eigenvalue weighted by Gasteiger charge is 2.20. The van der Waals surface area contributed by atoms with Crippen LogP contribution in [0.1, 0.15) is 32.3 Å². The van der Waals surface area contributed by atoms with Crippen LogP contribution in [0.3, 0.4) is 0 Å². The first kappa shape index (κ1) is 16.0. The largest absolute Gasteiger partial charge is 0.480 e. The van der Waals surface area contributed by atoms with Gasteiger partial charge in [-0.2, -0.15) is 0 Å². The Balaban J connectivity index is 2.40. The molecule has 1 atom stereocenters. The smallest absolute Gasteiger partial charge is 0.408 e. The lowest BCUT2D eigenvalue weighted by molar-refractivity contribution is -0.139. The Bertz CT molecular complexity index is 431. The maximum Gasteiger partial charge on any atom is 0.408 e. The minimum atomic E-state index is -1.04. The quantitative estimate of drug-likeness (QED) is 0.804. The molecule has 1 aromatic rings. The molecule has 110 valence electrons. The monoisotopic (exact) mass is 279 g/mol. The molecule has 2 N–H and O–H groups in total. The Morgan fingerprint density at radius 3 is 2.40 bits per heavy atom. The van der Waals surface area contributed by atoms with Gasteiger partial charge in [0.05, 0.1) is 0 Å². The summed E-state index contributed by atoms with van der Waals surface area (Å²) in [5.74, 6) is -0.652. The zero-order valence-corrected chi connectivity index (χ0v) is 11.8. The third-order valence-electron chi connectivity index (χ3n) is 2.84. The van der Waals surface area contributed by atoms with Gasteiger partial charge in [0.15, 0.2) is 0 Å². The fourth-order valence-corrected chi connectivity index (χ4v) is 1.66. The van der Waals surface area contributed by atoms with Gasteiger partial charge in [0.25, 0.3) is 0 Å². The van der Waals surface area contributed by atoms with Gasteiger partial charge in [-0.3, -0.25) is 0 Å². The van der Waals surface area contributed by atoms with Crippen molar-refractivity contribution in [1.29, 1.82) is 0 Å². The number of hydrogen-bond acceptors (Lipinski definition) is 3. The second kappa shape index (κ2) is 8.19. The Kier molecular flexibility index (Phi) is 6.56. The molecule has 5 heteroatoms. The van der Waals surface area contributed by atoms with Crippen molar-refractivity contribution < 1.29 is 19.4 Å². The summed E-state index contributed by atoms with van der Waals surface area (Å²) < 4.78 is 5.00. The predicted octanol–water partition coefficient (Wildman–Crippen LogP) is 2.80. The zero-order chi connectivity index (χ0) is 15.0. The lowest BCUT2D eigenvalue weighted by atomic mass is 10.0. The van der Waals surface area contributed by atoms with Gasteiger partial charge >= 0.3 is 12.1 Å².